The molecule has 1 atom stereocenters. The first-order valence-electron chi connectivity index (χ1n) is 12.2. The lowest BCUT2D eigenvalue weighted by molar-refractivity contribution is -0.124. The van der Waals surface area contributed by atoms with Crippen LogP contribution in [-0.4, -0.2) is 46.5 Å². The number of imidazole rings is 1. The van der Waals surface area contributed by atoms with E-state index in [9.17, 15) is 18.0 Å². The highest BCUT2D eigenvalue weighted by atomic mass is 32.2. The Hall–Kier alpha value is -5.04. The zero-order valence-corrected chi connectivity index (χ0v) is 22.2. The highest BCUT2D eigenvalue weighted by molar-refractivity contribution is 7.92. The highest BCUT2D eigenvalue weighted by Crippen LogP contribution is 2.22. The first kappa shape index (κ1) is 26.6. The lowest BCUT2D eigenvalue weighted by Gasteiger charge is -2.16. The molecule has 0 aliphatic rings. The van der Waals surface area contributed by atoms with E-state index in [2.05, 4.69) is 30.1 Å². The van der Waals surface area contributed by atoms with Crippen LogP contribution in [0.5, 0.6) is 0 Å². The van der Waals surface area contributed by atoms with Crippen molar-refractivity contribution in [2.45, 2.75) is 31.3 Å². The summed E-state index contributed by atoms with van der Waals surface area (Å²) in [6.07, 6.45) is 2.50. The zero-order valence-electron chi connectivity index (χ0n) is 21.4. The summed E-state index contributed by atoms with van der Waals surface area (Å²) in [6, 6.07) is 15.5. The molecule has 0 spiro atoms. The summed E-state index contributed by atoms with van der Waals surface area (Å²) < 4.78 is 37.8. The molecule has 5 aromatic rings. The number of aryl methyl sites for hydroxylation is 1. The van der Waals surface area contributed by atoms with Crippen LogP contribution < -0.4 is 10.0 Å². The molecule has 13 heteroatoms. The Morgan fingerprint density at radius 3 is 2.58 bits per heavy atom. The molecule has 204 valence electrons. The molecule has 0 aliphatic carbocycles. The number of ether oxygens (including phenoxy) is 1. The highest BCUT2D eigenvalue weighted by Gasteiger charge is 2.23. The number of amides is 1. The Labute approximate surface area is 228 Å². The van der Waals surface area contributed by atoms with Crippen LogP contribution in [0.2, 0.25) is 0 Å². The van der Waals surface area contributed by atoms with E-state index in [1.807, 2.05) is 6.07 Å². The van der Waals surface area contributed by atoms with Gasteiger partial charge in [-0.25, -0.2) is 18.2 Å². The Bertz CT molecular complexity index is 1780. The van der Waals surface area contributed by atoms with Crippen LogP contribution in [0, 0.1) is 6.92 Å². The van der Waals surface area contributed by atoms with Gasteiger partial charge in [-0.05, 0) is 67.9 Å². The Balaban J connectivity index is 1.23. The maximum Gasteiger partial charge on any atom is 0.338 e. The number of nitrogens with one attached hydrogen (secondary N) is 3. The van der Waals surface area contributed by atoms with Gasteiger partial charge in [0.05, 0.1) is 21.5 Å². The third-order valence-electron chi connectivity index (χ3n) is 5.86. The van der Waals surface area contributed by atoms with Gasteiger partial charge in [-0.15, -0.1) is 0 Å². The Morgan fingerprint density at radius 2 is 1.90 bits per heavy atom. The molecule has 40 heavy (non-hydrogen) atoms. The van der Waals surface area contributed by atoms with Gasteiger partial charge >= 0.3 is 5.97 Å². The number of hydrogen-bond donors (Lipinski definition) is 3. The molecule has 0 saturated heterocycles. The molecular weight excluding hydrogens is 536 g/mol. The molecule has 0 saturated carbocycles. The number of aromatic nitrogens is 4. The average molecular weight is 561 g/mol. The molecular formula is C27H24N6O6S. The van der Waals surface area contributed by atoms with E-state index < -0.39 is 28.0 Å². The fourth-order valence-electron chi connectivity index (χ4n) is 3.85. The second kappa shape index (κ2) is 11.0. The Kier molecular flexibility index (Phi) is 7.29. The van der Waals surface area contributed by atoms with E-state index >= 15 is 0 Å². The van der Waals surface area contributed by atoms with Crippen LogP contribution in [0.4, 0.5) is 11.5 Å². The van der Waals surface area contributed by atoms with E-state index in [0.717, 1.165) is 5.56 Å². The topological polar surface area (TPSA) is 169 Å². The molecule has 0 fully saturated rings. The number of carbonyl (C=O) groups is 2. The number of pyridine rings is 1. The number of carbonyl (C=O) groups excluding carboxylic acids is 2. The van der Waals surface area contributed by atoms with Gasteiger partial charge in [0, 0.05) is 29.7 Å². The molecule has 5 rings (SSSR count). The van der Waals surface area contributed by atoms with E-state index in [1.54, 1.807) is 50.5 Å². The van der Waals surface area contributed by atoms with Crippen molar-refractivity contribution in [3.8, 4) is 11.4 Å². The lowest BCUT2D eigenvalue weighted by Crippen LogP contribution is -2.32. The quantitative estimate of drug-likeness (QED) is 0.223. The molecule has 0 bridgehead atoms. The first-order chi connectivity index (χ1) is 19.2. The summed E-state index contributed by atoms with van der Waals surface area (Å²) >= 11 is 0. The predicted molar refractivity (Wildman–Crippen MR) is 146 cm³/mol. The number of sulfonamides is 1. The van der Waals surface area contributed by atoms with Gasteiger partial charge in [0.2, 0.25) is 0 Å². The van der Waals surface area contributed by atoms with Crippen LogP contribution in [0.15, 0.2) is 82.5 Å². The number of anilines is 2. The van der Waals surface area contributed by atoms with E-state index in [1.165, 1.54) is 30.3 Å². The third-order valence-corrected chi connectivity index (χ3v) is 7.23. The SMILES string of the molecule is CCC(OC(=O)c1ccc2nc(-c3cccnc3)[nH]c2c1)C(=O)Nc1ccc(S(=O)(=O)Nc2cc(C)on2)cc1. The minimum absolute atomic E-state index is 0.0366. The van der Waals surface area contributed by atoms with Gasteiger partial charge in [-0.1, -0.05) is 12.1 Å². The van der Waals surface area contributed by atoms with Gasteiger partial charge in [-0.2, -0.15) is 0 Å². The molecule has 1 unspecified atom stereocenters. The van der Waals surface area contributed by atoms with Gasteiger partial charge in [-0.3, -0.25) is 14.5 Å². The standard InChI is InChI=1S/C27H24N6O6S/c1-3-23(26(34)29-19-7-9-20(10-8-19)40(36,37)33-24-13-16(2)39-32-24)38-27(35)17-6-11-21-22(14-17)31-25(30-21)18-5-4-12-28-15-18/h4-15,23H,3H2,1-2H3,(H,29,34)(H,30,31)(H,32,33). The molecule has 0 radical (unpaired) electrons. The molecule has 3 heterocycles. The van der Waals surface area contributed by atoms with Gasteiger partial charge in [0.25, 0.3) is 15.9 Å². The zero-order chi connectivity index (χ0) is 28.3. The van der Waals surface area contributed by atoms with Gasteiger partial charge in [0.15, 0.2) is 11.9 Å². The maximum atomic E-state index is 12.9. The van der Waals surface area contributed by atoms with Crippen molar-refractivity contribution < 1.29 is 27.3 Å². The van der Waals surface area contributed by atoms with Crippen LogP contribution in [-0.2, 0) is 19.6 Å². The van der Waals surface area contributed by atoms with Gasteiger partial charge in [0.1, 0.15) is 11.6 Å². The van der Waals surface area contributed by atoms with Crippen molar-refractivity contribution in [3.05, 3.63) is 84.4 Å². The van der Waals surface area contributed by atoms with Crippen molar-refractivity contribution in [3.63, 3.8) is 0 Å². The summed E-state index contributed by atoms with van der Waals surface area (Å²) in [4.78, 5) is 37.5. The number of fused-ring (bicyclic) bond motifs is 1. The fraction of sp³-hybridized carbons (Fsp3) is 0.148. The smallest absolute Gasteiger partial charge is 0.338 e. The average Bonchev–Trinajstić information content (AvgIpc) is 3.57. The second-order valence-corrected chi connectivity index (χ2v) is 10.5. The van der Waals surface area contributed by atoms with E-state index in [0.29, 0.717) is 28.3 Å². The first-order valence-corrected chi connectivity index (χ1v) is 13.7. The van der Waals surface area contributed by atoms with Crippen LogP contribution >= 0.6 is 0 Å². The number of H-pyrrole nitrogens is 1. The minimum Gasteiger partial charge on any atom is -0.449 e. The number of nitrogens with zero attached hydrogens (tertiary/aromatic N) is 3. The second-order valence-electron chi connectivity index (χ2n) is 8.80. The van der Waals surface area contributed by atoms with Crippen LogP contribution in [0.25, 0.3) is 22.4 Å². The van der Waals surface area contributed by atoms with Gasteiger partial charge < -0.3 is 19.6 Å². The molecule has 0 aliphatic heterocycles. The van der Waals surface area contributed by atoms with Crippen LogP contribution in [0.3, 0.4) is 0 Å². The molecule has 3 N–H and O–H groups in total. The maximum absolute atomic E-state index is 12.9. The molecule has 1 amide bonds. The molecule has 3 aromatic heterocycles. The number of rotatable bonds is 9. The normalized spacial score (nSPS) is 12.2. The number of hydrogen-bond acceptors (Lipinski definition) is 9. The monoisotopic (exact) mass is 560 g/mol. The van der Waals surface area contributed by atoms with Crippen molar-refractivity contribution in [2.24, 2.45) is 0 Å². The summed E-state index contributed by atoms with van der Waals surface area (Å²) in [5, 5.41) is 6.27. The Morgan fingerprint density at radius 1 is 1.10 bits per heavy atom. The minimum atomic E-state index is -3.91. The van der Waals surface area contributed by atoms with Crippen molar-refractivity contribution in [2.75, 3.05) is 10.0 Å². The van der Waals surface area contributed by atoms with Crippen molar-refractivity contribution in [1.29, 1.82) is 0 Å². The van der Waals surface area contributed by atoms with E-state index in [-0.39, 0.29) is 22.7 Å². The molecule has 2 aromatic carbocycles. The summed E-state index contributed by atoms with van der Waals surface area (Å²) in [7, 11) is -3.91. The summed E-state index contributed by atoms with van der Waals surface area (Å²) in [5.41, 5.74) is 2.69. The summed E-state index contributed by atoms with van der Waals surface area (Å²) in [6.45, 7) is 3.35. The van der Waals surface area contributed by atoms with E-state index in [4.69, 9.17) is 9.26 Å². The lowest BCUT2D eigenvalue weighted by atomic mass is 10.2. The van der Waals surface area contributed by atoms with Crippen LogP contribution in [0.1, 0.15) is 29.5 Å². The largest absolute Gasteiger partial charge is 0.449 e. The number of benzene rings is 2. The van der Waals surface area contributed by atoms with Crippen molar-refractivity contribution >= 4 is 44.4 Å². The summed E-state index contributed by atoms with van der Waals surface area (Å²) in [5.74, 6) is -0.0923. The van der Waals surface area contributed by atoms with Crippen molar-refractivity contribution in [1.82, 2.24) is 20.1 Å². The number of aromatic amines is 1. The predicted octanol–water partition coefficient (Wildman–Crippen LogP) is 4.30. The molecule has 12 nitrogen and oxygen atoms in total. The fourth-order valence-corrected chi connectivity index (χ4v) is 4.83. The number of esters is 1. The third kappa shape index (κ3) is 5.83.